The Bertz CT molecular complexity index is 269. The van der Waals surface area contributed by atoms with Gasteiger partial charge in [-0.15, -0.1) is 0 Å². The number of thiocarbonyl (C=S) groups is 1. The smallest absolute Gasteiger partial charge is 0.103 e. The van der Waals surface area contributed by atoms with Gasteiger partial charge in [0.2, 0.25) is 0 Å². The van der Waals surface area contributed by atoms with Gasteiger partial charge in [-0.1, -0.05) is 12.2 Å². The molecule has 0 aromatic heterocycles. The first kappa shape index (κ1) is 10.8. The van der Waals surface area contributed by atoms with E-state index in [-0.39, 0.29) is 0 Å². The van der Waals surface area contributed by atoms with Crippen molar-refractivity contribution in [2.75, 3.05) is 46.3 Å². The summed E-state index contributed by atoms with van der Waals surface area (Å²) >= 11 is 5.44. The maximum Gasteiger partial charge on any atom is 0.103 e. The normalized spacial score (nSPS) is 22.5. The van der Waals surface area contributed by atoms with E-state index >= 15 is 0 Å². The molecular formula is C10H18N4S. The monoisotopic (exact) mass is 226 g/mol. The quantitative estimate of drug-likeness (QED) is 0.669. The molecule has 0 aromatic rings. The number of piperazine rings is 1. The third kappa shape index (κ3) is 2.89. The molecule has 2 heterocycles. The van der Waals surface area contributed by atoms with Crippen LogP contribution in [0.15, 0.2) is 4.99 Å². The van der Waals surface area contributed by atoms with Crippen molar-refractivity contribution in [3.8, 4) is 0 Å². The van der Waals surface area contributed by atoms with E-state index in [0.717, 1.165) is 56.5 Å². The highest BCUT2D eigenvalue weighted by molar-refractivity contribution is 7.80. The SMILES string of the molecule is CN1CCN(C(=S)CC2=NCCN2)CC1. The Morgan fingerprint density at radius 1 is 1.40 bits per heavy atom. The van der Waals surface area contributed by atoms with Gasteiger partial charge in [-0.2, -0.15) is 0 Å². The lowest BCUT2D eigenvalue weighted by Crippen LogP contribution is -2.47. The van der Waals surface area contributed by atoms with Crippen LogP contribution < -0.4 is 5.32 Å². The number of aliphatic imine (C=N–C) groups is 1. The second kappa shape index (κ2) is 4.90. The number of amidine groups is 1. The summed E-state index contributed by atoms with van der Waals surface area (Å²) in [6.45, 7) is 6.21. The summed E-state index contributed by atoms with van der Waals surface area (Å²) in [5, 5.41) is 3.26. The summed E-state index contributed by atoms with van der Waals surface area (Å²) < 4.78 is 0. The standard InChI is InChI=1S/C10H18N4S/c1-13-4-6-14(7-5-13)10(15)8-9-11-2-3-12-9/h2-8H2,1H3,(H,11,12). The summed E-state index contributed by atoms with van der Waals surface area (Å²) in [5.74, 6) is 1.07. The molecule has 1 N–H and O–H groups in total. The van der Waals surface area contributed by atoms with Gasteiger partial charge in [0.25, 0.3) is 0 Å². The van der Waals surface area contributed by atoms with E-state index in [1.165, 1.54) is 0 Å². The zero-order valence-electron chi connectivity index (χ0n) is 9.20. The van der Waals surface area contributed by atoms with Gasteiger partial charge in [0.1, 0.15) is 5.84 Å². The zero-order valence-corrected chi connectivity index (χ0v) is 10.0. The average molecular weight is 226 g/mol. The van der Waals surface area contributed by atoms with Gasteiger partial charge in [0.05, 0.1) is 18.0 Å². The van der Waals surface area contributed by atoms with Crippen molar-refractivity contribution in [1.29, 1.82) is 0 Å². The van der Waals surface area contributed by atoms with Gasteiger partial charge in [-0.25, -0.2) is 0 Å². The highest BCUT2D eigenvalue weighted by Gasteiger charge is 2.18. The van der Waals surface area contributed by atoms with Crippen molar-refractivity contribution >= 4 is 23.0 Å². The summed E-state index contributed by atoms with van der Waals surface area (Å²) in [6, 6.07) is 0. The van der Waals surface area contributed by atoms with Crippen molar-refractivity contribution in [3.63, 3.8) is 0 Å². The van der Waals surface area contributed by atoms with E-state index in [2.05, 4.69) is 27.2 Å². The highest BCUT2D eigenvalue weighted by Crippen LogP contribution is 2.05. The molecule has 0 spiro atoms. The van der Waals surface area contributed by atoms with Crippen molar-refractivity contribution in [2.45, 2.75) is 6.42 Å². The van der Waals surface area contributed by atoms with E-state index < -0.39 is 0 Å². The fourth-order valence-corrected chi connectivity index (χ4v) is 2.20. The lowest BCUT2D eigenvalue weighted by molar-refractivity contribution is 0.216. The summed E-state index contributed by atoms with van der Waals surface area (Å²) in [4.78, 5) is 10.0. The Kier molecular flexibility index (Phi) is 3.53. The van der Waals surface area contributed by atoms with Crippen LogP contribution in [0.3, 0.4) is 0 Å². The fourth-order valence-electron chi connectivity index (χ4n) is 1.88. The van der Waals surface area contributed by atoms with E-state index in [4.69, 9.17) is 12.2 Å². The minimum Gasteiger partial charge on any atom is -0.372 e. The average Bonchev–Trinajstić information content (AvgIpc) is 2.71. The Balaban J connectivity index is 1.80. The highest BCUT2D eigenvalue weighted by atomic mass is 32.1. The molecular weight excluding hydrogens is 208 g/mol. The second-order valence-corrected chi connectivity index (χ2v) is 4.59. The van der Waals surface area contributed by atoms with Crippen LogP contribution in [0.25, 0.3) is 0 Å². The van der Waals surface area contributed by atoms with Gasteiger partial charge < -0.3 is 15.1 Å². The van der Waals surface area contributed by atoms with Gasteiger partial charge in [-0.05, 0) is 7.05 Å². The Morgan fingerprint density at radius 3 is 2.73 bits per heavy atom. The van der Waals surface area contributed by atoms with Crippen molar-refractivity contribution in [2.24, 2.45) is 4.99 Å². The lowest BCUT2D eigenvalue weighted by Gasteiger charge is -2.34. The van der Waals surface area contributed by atoms with E-state index in [0.29, 0.717) is 0 Å². The zero-order chi connectivity index (χ0) is 10.7. The second-order valence-electron chi connectivity index (χ2n) is 4.12. The molecule has 15 heavy (non-hydrogen) atoms. The molecule has 2 rings (SSSR count). The topological polar surface area (TPSA) is 30.9 Å². The molecule has 5 heteroatoms. The minimum atomic E-state index is 0.818. The molecule has 1 fully saturated rings. The number of hydrogen-bond acceptors (Lipinski definition) is 4. The Morgan fingerprint density at radius 2 is 2.13 bits per heavy atom. The number of likely N-dealkylation sites (N-methyl/N-ethyl adjacent to an activating group) is 1. The first-order valence-corrected chi connectivity index (χ1v) is 5.90. The first-order valence-electron chi connectivity index (χ1n) is 5.49. The molecule has 2 aliphatic rings. The largest absolute Gasteiger partial charge is 0.372 e. The third-order valence-electron chi connectivity index (χ3n) is 2.92. The molecule has 4 nitrogen and oxygen atoms in total. The fraction of sp³-hybridized carbons (Fsp3) is 0.800. The molecule has 1 saturated heterocycles. The summed E-state index contributed by atoms with van der Waals surface area (Å²) in [5.41, 5.74) is 0. The van der Waals surface area contributed by atoms with Gasteiger partial charge in [-0.3, -0.25) is 4.99 Å². The van der Waals surface area contributed by atoms with Crippen LogP contribution in [0, 0.1) is 0 Å². The predicted octanol–water partition coefficient (Wildman–Crippen LogP) is -0.0470. The van der Waals surface area contributed by atoms with E-state index in [1.807, 2.05) is 0 Å². The number of nitrogens with zero attached hydrogens (tertiary/aromatic N) is 3. The lowest BCUT2D eigenvalue weighted by atomic mass is 10.3. The maximum atomic E-state index is 5.44. The molecule has 84 valence electrons. The number of hydrogen-bond donors (Lipinski definition) is 1. The van der Waals surface area contributed by atoms with Crippen LogP contribution in [-0.2, 0) is 0 Å². The van der Waals surface area contributed by atoms with Crippen LogP contribution in [-0.4, -0.2) is 66.9 Å². The van der Waals surface area contributed by atoms with E-state index in [1.54, 1.807) is 0 Å². The van der Waals surface area contributed by atoms with Gasteiger partial charge in [0, 0.05) is 32.7 Å². The molecule has 0 amide bonds. The van der Waals surface area contributed by atoms with Crippen LogP contribution >= 0.6 is 12.2 Å². The number of nitrogens with one attached hydrogen (secondary N) is 1. The molecule has 0 aliphatic carbocycles. The maximum absolute atomic E-state index is 5.44. The molecule has 0 saturated carbocycles. The van der Waals surface area contributed by atoms with Crippen molar-refractivity contribution < 1.29 is 0 Å². The predicted molar refractivity (Wildman–Crippen MR) is 66.6 cm³/mol. The Labute approximate surface area is 96.3 Å². The van der Waals surface area contributed by atoms with E-state index in [9.17, 15) is 0 Å². The van der Waals surface area contributed by atoms with Crippen molar-refractivity contribution in [3.05, 3.63) is 0 Å². The molecule has 0 unspecified atom stereocenters. The van der Waals surface area contributed by atoms with Crippen LogP contribution in [0.2, 0.25) is 0 Å². The minimum absolute atomic E-state index is 0.818. The molecule has 2 aliphatic heterocycles. The molecule has 0 atom stereocenters. The Hall–Kier alpha value is -0.680. The van der Waals surface area contributed by atoms with Crippen LogP contribution in [0.1, 0.15) is 6.42 Å². The van der Waals surface area contributed by atoms with Crippen molar-refractivity contribution in [1.82, 2.24) is 15.1 Å². The third-order valence-corrected chi connectivity index (χ3v) is 3.32. The van der Waals surface area contributed by atoms with Gasteiger partial charge in [0.15, 0.2) is 0 Å². The molecule has 0 bridgehead atoms. The molecule has 0 aromatic carbocycles. The summed E-state index contributed by atoms with van der Waals surface area (Å²) in [7, 11) is 2.16. The molecule has 0 radical (unpaired) electrons. The number of rotatable bonds is 2. The van der Waals surface area contributed by atoms with Crippen LogP contribution in [0.5, 0.6) is 0 Å². The van der Waals surface area contributed by atoms with Gasteiger partial charge >= 0.3 is 0 Å². The summed E-state index contributed by atoms with van der Waals surface area (Å²) in [6.07, 6.45) is 0.818. The first-order chi connectivity index (χ1) is 7.25. The van der Waals surface area contributed by atoms with Crippen LogP contribution in [0.4, 0.5) is 0 Å².